The third-order valence-electron chi connectivity index (χ3n) is 7.37. The standard InChI is InChI=1S/C35H68NO7P/c1-3-5-7-9-11-13-15-16-17-18-19-20-22-24-26-28-35(37)43-34(33-42-44(38,39)41-31-29-36)32-40-30-27-25-23-21-14-12-10-8-6-4-2/h11,13,16-17,34H,3-10,12,14-15,18-33,36H2,1-2H3,(H,38,39)/b13-11-,17-16-. The van der Waals surface area contributed by atoms with Crippen molar-refractivity contribution < 1.29 is 32.8 Å². The maximum absolute atomic E-state index is 12.5. The fourth-order valence-electron chi connectivity index (χ4n) is 4.73. The Morgan fingerprint density at radius 2 is 1.20 bits per heavy atom. The summed E-state index contributed by atoms with van der Waals surface area (Å²) in [6.45, 7) is 4.86. The van der Waals surface area contributed by atoms with Gasteiger partial charge in [-0.2, -0.15) is 0 Å². The molecule has 0 aromatic carbocycles. The van der Waals surface area contributed by atoms with Gasteiger partial charge in [0.2, 0.25) is 0 Å². The predicted octanol–water partition coefficient (Wildman–Crippen LogP) is 9.74. The fraction of sp³-hybridized carbons (Fsp3) is 0.857. The molecule has 0 saturated heterocycles. The molecule has 0 heterocycles. The number of rotatable bonds is 34. The van der Waals surface area contributed by atoms with Crippen LogP contribution in [-0.4, -0.2) is 49.9 Å². The Bertz CT molecular complexity index is 732. The monoisotopic (exact) mass is 645 g/mol. The van der Waals surface area contributed by atoms with E-state index in [2.05, 4.69) is 38.2 Å². The second-order valence-electron chi connectivity index (χ2n) is 11.7. The quantitative estimate of drug-likeness (QED) is 0.0307. The third kappa shape index (κ3) is 32.4. The highest BCUT2D eigenvalue weighted by Gasteiger charge is 2.25. The first kappa shape index (κ1) is 43.0. The lowest BCUT2D eigenvalue weighted by molar-refractivity contribution is -0.154. The molecule has 0 aromatic heterocycles. The van der Waals surface area contributed by atoms with Crippen LogP contribution in [0, 0.1) is 0 Å². The van der Waals surface area contributed by atoms with E-state index in [1.807, 2.05) is 0 Å². The zero-order chi connectivity index (χ0) is 32.4. The molecule has 3 N–H and O–H groups in total. The SMILES string of the molecule is CCCCC/C=C\C/C=C\CCCCCCCC(=O)OC(COCCCCCCCCCCCC)COP(=O)(O)OCCN. The van der Waals surface area contributed by atoms with Gasteiger partial charge in [-0.25, -0.2) is 4.57 Å². The second kappa shape index (κ2) is 33.3. The summed E-state index contributed by atoms with van der Waals surface area (Å²) in [6, 6.07) is 0. The third-order valence-corrected chi connectivity index (χ3v) is 8.36. The lowest BCUT2D eigenvalue weighted by Gasteiger charge is -2.20. The zero-order valence-corrected chi connectivity index (χ0v) is 29.3. The van der Waals surface area contributed by atoms with E-state index in [0.29, 0.717) is 13.0 Å². The number of allylic oxidation sites excluding steroid dienone is 4. The summed E-state index contributed by atoms with van der Waals surface area (Å²) in [5.74, 6) is -0.345. The van der Waals surface area contributed by atoms with E-state index in [-0.39, 0.29) is 32.3 Å². The number of ether oxygens (including phenoxy) is 2. The van der Waals surface area contributed by atoms with E-state index in [9.17, 15) is 14.3 Å². The van der Waals surface area contributed by atoms with Crippen molar-refractivity contribution in [2.45, 2.75) is 161 Å². The second-order valence-corrected chi connectivity index (χ2v) is 13.2. The van der Waals surface area contributed by atoms with Crippen molar-refractivity contribution >= 4 is 13.8 Å². The molecule has 0 radical (unpaired) electrons. The van der Waals surface area contributed by atoms with Gasteiger partial charge in [0, 0.05) is 19.6 Å². The van der Waals surface area contributed by atoms with E-state index >= 15 is 0 Å². The molecule has 0 aliphatic heterocycles. The number of phosphoric acid groups is 1. The van der Waals surface area contributed by atoms with Gasteiger partial charge in [-0.3, -0.25) is 13.8 Å². The number of carbonyl (C=O) groups excluding carboxylic acids is 1. The largest absolute Gasteiger partial charge is 0.472 e. The molecular weight excluding hydrogens is 577 g/mol. The van der Waals surface area contributed by atoms with Gasteiger partial charge in [-0.05, 0) is 44.9 Å². The van der Waals surface area contributed by atoms with Crippen molar-refractivity contribution in [3.05, 3.63) is 24.3 Å². The fourth-order valence-corrected chi connectivity index (χ4v) is 5.50. The van der Waals surface area contributed by atoms with Crippen molar-refractivity contribution in [2.75, 3.05) is 33.0 Å². The van der Waals surface area contributed by atoms with Crippen LogP contribution < -0.4 is 5.73 Å². The van der Waals surface area contributed by atoms with Gasteiger partial charge in [0.05, 0.1) is 19.8 Å². The highest BCUT2D eigenvalue weighted by Crippen LogP contribution is 2.43. The van der Waals surface area contributed by atoms with Crippen molar-refractivity contribution in [3.8, 4) is 0 Å². The highest BCUT2D eigenvalue weighted by atomic mass is 31.2. The molecule has 260 valence electrons. The molecule has 0 aliphatic carbocycles. The van der Waals surface area contributed by atoms with Crippen molar-refractivity contribution in [3.63, 3.8) is 0 Å². The zero-order valence-electron chi connectivity index (χ0n) is 28.4. The van der Waals surface area contributed by atoms with Crippen LogP contribution in [0.25, 0.3) is 0 Å². The molecule has 2 atom stereocenters. The maximum Gasteiger partial charge on any atom is 0.472 e. The summed E-state index contributed by atoms with van der Waals surface area (Å²) in [6.07, 6.45) is 33.2. The van der Waals surface area contributed by atoms with Crippen molar-refractivity contribution in [1.82, 2.24) is 0 Å². The van der Waals surface area contributed by atoms with Gasteiger partial charge in [0.1, 0.15) is 6.10 Å². The molecule has 2 unspecified atom stereocenters. The van der Waals surface area contributed by atoms with E-state index in [1.54, 1.807) is 0 Å². The van der Waals surface area contributed by atoms with Crippen LogP contribution >= 0.6 is 7.82 Å². The van der Waals surface area contributed by atoms with E-state index < -0.39 is 13.9 Å². The normalized spacial score (nSPS) is 14.0. The number of hydrogen-bond donors (Lipinski definition) is 2. The average molecular weight is 646 g/mol. The molecule has 0 amide bonds. The van der Waals surface area contributed by atoms with Crippen LogP contribution in [-0.2, 0) is 27.9 Å². The molecule has 0 spiro atoms. The van der Waals surface area contributed by atoms with Gasteiger partial charge >= 0.3 is 13.8 Å². The maximum atomic E-state index is 12.5. The van der Waals surface area contributed by atoms with Crippen LogP contribution in [0.5, 0.6) is 0 Å². The summed E-state index contributed by atoms with van der Waals surface area (Å²) >= 11 is 0. The average Bonchev–Trinajstić information content (AvgIpc) is 3.01. The Hall–Kier alpha value is -1.02. The molecule has 0 rings (SSSR count). The first-order chi connectivity index (χ1) is 21.4. The molecule has 8 nitrogen and oxygen atoms in total. The Morgan fingerprint density at radius 3 is 1.82 bits per heavy atom. The summed E-state index contributed by atoms with van der Waals surface area (Å²) in [5.41, 5.74) is 5.34. The minimum absolute atomic E-state index is 0.0969. The molecular formula is C35H68NO7P. The van der Waals surface area contributed by atoms with Gasteiger partial charge in [0.25, 0.3) is 0 Å². The summed E-state index contributed by atoms with van der Waals surface area (Å²) < 4.78 is 33.2. The number of unbranched alkanes of at least 4 members (excludes halogenated alkanes) is 17. The van der Waals surface area contributed by atoms with Gasteiger partial charge in [0.15, 0.2) is 0 Å². The number of esters is 1. The molecule has 44 heavy (non-hydrogen) atoms. The van der Waals surface area contributed by atoms with E-state index in [1.165, 1.54) is 77.0 Å². The molecule has 0 aromatic rings. The number of phosphoric ester groups is 1. The van der Waals surface area contributed by atoms with Gasteiger partial charge < -0.3 is 20.1 Å². The van der Waals surface area contributed by atoms with Crippen molar-refractivity contribution in [2.24, 2.45) is 5.73 Å². The van der Waals surface area contributed by atoms with Crippen LogP contribution in [0.4, 0.5) is 0 Å². The van der Waals surface area contributed by atoms with Crippen LogP contribution in [0.15, 0.2) is 24.3 Å². The summed E-state index contributed by atoms with van der Waals surface area (Å²) in [5, 5.41) is 0. The molecule has 0 fully saturated rings. The number of nitrogens with two attached hydrogens (primary N) is 1. The lowest BCUT2D eigenvalue weighted by atomic mass is 10.1. The number of hydrogen-bond acceptors (Lipinski definition) is 7. The van der Waals surface area contributed by atoms with Gasteiger partial charge in [-0.1, -0.05) is 128 Å². The first-order valence-corrected chi connectivity index (χ1v) is 19.3. The Kier molecular flexibility index (Phi) is 32.6. The molecule has 9 heteroatoms. The van der Waals surface area contributed by atoms with Crippen LogP contribution in [0.2, 0.25) is 0 Å². The minimum Gasteiger partial charge on any atom is -0.457 e. The molecule has 0 bridgehead atoms. The van der Waals surface area contributed by atoms with Crippen LogP contribution in [0.3, 0.4) is 0 Å². The minimum atomic E-state index is -4.26. The highest BCUT2D eigenvalue weighted by molar-refractivity contribution is 7.47. The van der Waals surface area contributed by atoms with Crippen molar-refractivity contribution in [1.29, 1.82) is 0 Å². The number of carbonyl (C=O) groups is 1. The Labute approximate surface area is 270 Å². The van der Waals surface area contributed by atoms with E-state index in [4.69, 9.17) is 24.3 Å². The first-order valence-electron chi connectivity index (χ1n) is 17.8. The molecule has 0 saturated carbocycles. The van der Waals surface area contributed by atoms with Crippen LogP contribution in [0.1, 0.15) is 155 Å². The summed E-state index contributed by atoms with van der Waals surface area (Å²) in [4.78, 5) is 22.3. The van der Waals surface area contributed by atoms with E-state index in [0.717, 1.165) is 57.8 Å². The molecule has 0 aliphatic rings. The smallest absolute Gasteiger partial charge is 0.457 e. The predicted molar refractivity (Wildman–Crippen MR) is 183 cm³/mol. The Balaban J connectivity index is 4.14. The lowest BCUT2D eigenvalue weighted by Crippen LogP contribution is -2.28. The van der Waals surface area contributed by atoms with Gasteiger partial charge in [-0.15, -0.1) is 0 Å². The Morgan fingerprint density at radius 1 is 0.682 bits per heavy atom. The summed E-state index contributed by atoms with van der Waals surface area (Å²) in [7, 11) is -4.26. The topological polar surface area (TPSA) is 117 Å².